The quantitative estimate of drug-likeness (QED) is 0.443. The minimum atomic E-state index is -0.563. The second kappa shape index (κ2) is 11.2. The van der Waals surface area contributed by atoms with Crippen LogP contribution in [0.1, 0.15) is 36.2 Å². The molecule has 2 atom stereocenters. The number of primary amides is 1. The summed E-state index contributed by atoms with van der Waals surface area (Å²) in [6.07, 6.45) is 2.72. The second-order valence-corrected chi connectivity index (χ2v) is 9.04. The number of fused-ring (bicyclic) bond motifs is 1. The van der Waals surface area contributed by atoms with E-state index in [9.17, 15) is 4.79 Å². The molecule has 0 bridgehead atoms. The number of carbonyl (C=O) groups is 1. The summed E-state index contributed by atoms with van der Waals surface area (Å²) >= 11 is 5.50. The zero-order chi connectivity index (χ0) is 24.0. The van der Waals surface area contributed by atoms with E-state index in [1.165, 1.54) is 30.8 Å². The highest BCUT2D eigenvalue weighted by atomic mass is 35.5. The third kappa shape index (κ3) is 6.46. The first kappa shape index (κ1) is 24.6. The molecule has 3 aromatic rings. The molecule has 0 radical (unpaired) electrons. The van der Waals surface area contributed by atoms with Crippen LogP contribution in [-0.2, 0) is 0 Å². The number of benzene rings is 3. The molecular formula is C26H30ClN3O3. The fourth-order valence-electron chi connectivity index (χ4n) is 4.26. The lowest BCUT2D eigenvalue weighted by atomic mass is 9.92. The number of nitrogens with one attached hydrogen (secondary N) is 1. The Hall–Kier alpha value is -3.09. The minimum Gasteiger partial charge on any atom is -0.506 e. The van der Waals surface area contributed by atoms with Crippen molar-refractivity contribution < 1.29 is 14.6 Å². The minimum absolute atomic E-state index is 0.0586. The summed E-state index contributed by atoms with van der Waals surface area (Å²) in [6.45, 7) is 7.50. The van der Waals surface area contributed by atoms with Gasteiger partial charge in [-0.1, -0.05) is 49.7 Å². The molecule has 7 heteroatoms. The molecule has 1 fully saturated rings. The molecule has 0 aromatic heterocycles. The Labute approximate surface area is 199 Å². The monoisotopic (exact) mass is 467 g/mol. The number of piperidine rings is 1. The predicted molar refractivity (Wildman–Crippen MR) is 133 cm³/mol. The molecule has 1 aliphatic heterocycles. The van der Waals surface area contributed by atoms with Crippen molar-refractivity contribution in [2.24, 2.45) is 17.6 Å². The molecule has 6 nitrogen and oxygen atoms in total. The number of carbonyl (C=O) groups excluding carboxylic acids is 1. The highest BCUT2D eigenvalue weighted by Crippen LogP contribution is 2.29. The number of halogens is 1. The highest BCUT2D eigenvalue weighted by molar-refractivity contribution is 6.32. The number of nitrogens with zero attached hydrogens (tertiary/aromatic N) is 1. The van der Waals surface area contributed by atoms with Gasteiger partial charge in [-0.2, -0.15) is 0 Å². The van der Waals surface area contributed by atoms with Crippen LogP contribution >= 0.6 is 11.6 Å². The van der Waals surface area contributed by atoms with Crippen LogP contribution < -0.4 is 10.5 Å². The van der Waals surface area contributed by atoms with Gasteiger partial charge in [0.15, 0.2) is 0 Å². The first-order valence-electron chi connectivity index (χ1n) is 10.9. The molecule has 0 aliphatic carbocycles. The Kier molecular flexibility index (Phi) is 8.31. The topological polar surface area (TPSA) is 99.6 Å². The molecule has 1 amide bonds. The van der Waals surface area contributed by atoms with Crippen molar-refractivity contribution in [2.75, 3.05) is 19.8 Å². The lowest BCUT2D eigenvalue weighted by molar-refractivity contribution is 0.0630. The van der Waals surface area contributed by atoms with E-state index in [2.05, 4.69) is 24.8 Å². The average molecular weight is 468 g/mol. The van der Waals surface area contributed by atoms with Crippen LogP contribution in [0.4, 0.5) is 0 Å². The Morgan fingerprint density at radius 1 is 1.15 bits per heavy atom. The molecule has 2 unspecified atom stereocenters. The molecule has 1 heterocycles. The van der Waals surface area contributed by atoms with Crippen LogP contribution in [0, 0.1) is 17.2 Å². The van der Waals surface area contributed by atoms with Gasteiger partial charge in [0.2, 0.25) is 5.91 Å². The summed E-state index contributed by atoms with van der Waals surface area (Å²) in [6, 6.07) is 16.1. The molecule has 174 valence electrons. The molecule has 4 rings (SSSR count). The number of phenolic OH excluding ortho intramolecular Hbond substituents is 1. The van der Waals surface area contributed by atoms with Crippen LogP contribution in [0.5, 0.6) is 11.5 Å². The van der Waals surface area contributed by atoms with E-state index in [1.807, 2.05) is 30.3 Å². The zero-order valence-corrected chi connectivity index (χ0v) is 19.7. The third-order valence-corrected chi connectivity index (χ3v) is 5.96. The van der Waals surface area contributed by atoms with Gasteiger partial charge < -0.3 is 21.0 Å². The van der Waals surface area contributed by atoms with Crippen molar-refractivity contribution in [2.45, 2.75) is 20.3 Å². The standard InChI is InChI=1S/C19H24N2O.C7H6ClNO2/c1-14-9-15(2)12-21(11-14)13-22-19-8-7-16(10-20)17-5-3-4-6-18(17)19;8-5-3-4(7(9)11)1-2-6(5)10/h3-8,10,14-15,20H,9,11-13H2,1-2H3;1-3,10H,(H2,9,11). The zero-order valence-electron chi connectivity index (χ0n) is 18.9. The van der Waals surface area contributed by atoms with Crippen LogP contribution in [0.15, 0.2) is 54.6 Å². The normalized spacial score (nSPS) is 18.3. The van der Waals surface area contributed by atoms with Gasteiger partial charge in [0.05, 0.1) is 5.02 Å². The molecule has 33 heavy (non-hydrogen) atoms. The highest BCUT2D eigenvalue weighted by Gasteiger charge is 2.22. The smallest absolute Gasteiger partial charge is 0.248 e. The molecule has 0 spiro atoms. The molecule has 3 aromatic carbocycles. The maximum Gasteiger partial charge on any atom is 0.248 e. The fourth-order valence-corrected chi connectivity index (χ4v) is 4.45. The number of ether oxygens (including phenoxy) is 1. The summed E-state index contributed by atoms with van der Waals surface area (Å²) in [5, 5.41) is 18.8. The Bertz CT molecular complexity index is 1120. The van der Waals surface area contributed by atoms with Gasteiger partial charge in [-0.15, -0.1) is 0 Å². The molecular weight excluding hydrogens is 438 g/mol. The van der Waals surface area contributed by atoms with Crippen LogP contribution in [0.3, 0.4) is 0 Å². The van der Waals surface area contributed by atoms with E-state index < -0.39 is 5.91 Å². The number of phenols is 1. The van der Waals surface area contributed by atoms with Gasteiger partial charge in [0, 0.05) is 35.8 Å². The van der Waals surface area contributed by atoms with Gasteiger partial charge in [0.1, 0.15) is 18.2 Å². The van der Waals surface area contributed by atoms with E-state index in [1.54, 1.807) is 0 Å². The molecule has 1 saturated heterocycles. The number of hydrogen-bond donors (Lipinski definition) is 3. The van der Waals surface area contributed by atoms with E-state index in [-0.39, 0.29) is 16.3 Å². The van der Waals surface area contributed by atoms with E-state index >= 15 is 0 Å². The molecule has 1 aliphatic rings. The van der Waals surface area contributed by atoms with Crippen molar-refractivity contribution in [3.05, 3.63) is 70.7 Å². The Morgan fingerprint density at radius 3 is 2.42 bits per heavy atom. The maximum absolute atomic E-state index is 10.5. The third-order valence-electron chi connectivity index (χ3n) is 5.65. The summed E-state index contributed by atoms with van der Waals surface area (Å²) in [7, 11) is 0. The average Bonchev–Trinajstić information content (AvgIpc) is 2.79. The van der Waals surface area contributed by atoms with Crippen molar-refractivity contribution in [1.82, 2.24) is 4.90 Å². The summed E-state index contributed by atoms with van der Waals surface area (Å²) in [5.74, 6) is 1.77. The van der Waals surface area contributed by atoms with Gasteiger partial charge >= 0.3 is 0 Å². The van der Waals surface area contributed by atoms with E-state index in [0.29, 0.717) is 6.73 Å². The number of likely N-dealkylation sites (tertiary alicyclic amines) is 1. The van der Waals surface area contributed by atoms with Crippen LogP contribution in [-0.4, -0.2) is 41.9 Å². The van der Waals surface area contributed by atoms with Gasteiger partial charge in [-0.05, 0) is 54.0 Å². The number of nitrogens with two attached hydrogens (primary N) is 1. The number of rotatable bonds is 5. The first-order valence-corrected chi connectivity index (χ1v) is 11.3. The second-order valence-electron chi connectivity index (χ2n) is 8.63. The summed E-state index contributed by atoms with van der Waals surface area (Å²) in [5.41, 5.74) is 6.17. The summed E-state index contributed by atoms with van der Waals surface area (Å²) in [4.78, 5) is 12.9. The molecule has 4 N–H and O–H groups in total. The Balaban J connectivity index is 0.000000235. The maximum atomic E-state index is 10.5. The van der Waals surface area contributed by atoms with E-state index in [4.69, 9.17) is 32.6 Å². The SMILES string of the molecule is CC1CC(C)CN(COc2ccc(C=N)c3ccccc23)C1.NC(=O)c1ccc(O)c(Cl)c1. The van der Waals surface area contributed by atoms with Crippen LogP contribution in [0.25, 0.3) is 10.8 Å². The molecule has 0 saturated carbocycles. The largest absolute Gasteiger partial charge is 0.506 e. The lowest BCUT2D eigenvalue weighted by Crippen LogP contribution is -2.40. The van der Waals surface area contributed by atoms with Gasteiger partial charge in [-0.3, -0.25) is 9.69 Å². The van der Waals surface area contributed by atoms with E-state index in [0.717, 1.165) is 47.0 Å². The van der Waals surface area contributed by atoms with Gasteiger partial charge in [0.25, 0.3) is 0 Å². The lowest BCUT2D eigenvalue weighted by Gasteiger charge is -2.34. The first-order chi connectivity index (χ1) is 15.8. The number of hydrogen-bond acceptors (Lipinski definition) is 5. The van der Waals surface area contributed by atoms with Crippen molar-refractivity contribution in [3.63, 3.8) is 0 Å². The van der Waals surface area contributed by atoms with Crippen molar-refractivity contribution >= 4 is 34.5 Å². The van der Waals surface area contributed by atoms with Crippen molar-refractivity contribution in [3.8, 4) is 11.5 Å². The number of aromatic hydroxyl groups is 1. The van der Waals surface area contributed by atoms with Crippen molar-refractivity contribution in [1.29, 1.82) is 5.41 Å². The Morgan fingerprint density at radius 2 is 1.82 bits per heavy atom. The number of amides is 1. The van der Waals surface area contributed by atoms with Crippen LogP contribution in [0.2, 0.25) is 5.02 Å². The fraction of sp³-hybridized carbons (Fsp3) is 0.308. The van der Waals surface area contributed by atoms with Gasteiger partial charge in [-0.25, -0.2) is 0 Å². The predicted octanol–water partition coefficient (Wildman–Crippen LogP) is 5.30. The summed E-state index contributed by atoms with van der Waals surface area (Å²) < 4.78 is 6.11.